The Morgan fingerprint density at radius 3 is 2.31 bits per heavy atom. The molecule has 8 heteroatoms. The van der Waals surface area contributed by atoms with Crippen molar-refractivity contribution in [1.82, 2.24) is 9.80 Å². The number of ether oxygens (including phenoxy) is 1. The fraction of sp³-hybridized carbons (Fsp3) is 0.536. The Kier molecular flexibility index (Phi) is 8.66. The monoisotopic (exact) mass is 551 g/mol. The van der Waals surface area contributed by atoms with Crippen LogP contribution in [0.1, 0.15) is 52.1 Å². The van der Waals surface area contributed by atoms with Gasteiger partial charge >= 0.3 is 6.09 Å². The number of anilines is 1. The number of hydrogen-bond acceptors (Lipinski definition) is 4. The molecule has 2 fully saturated rings. The quantitative estimate of drug-likeness (QED) is 0.392. The highest BCUT2D eigenvalue weighted by atomic mass is 35.5. The van der Waals surface area contributed by atoms with Gasteiger partial charge in [0.2, 0.25) is 0 Å². The van der Waals surface area contributed by atoms with Gasteiger partial charge in [0.15, 0.2) is 0 Å². The minimum Gasteiger partial charge on any atom is -0.444 e. The van der Waals surface area contributed by atoms with E-state index in [1.54, 1.807) is 0 Å². The maximum atomic E-state index is 12.5. The van der Waals surface area contributed by atoms with Gasteiger partial charge in [0.1, 0.15) is 5.60 Å². The molecule has 0 aromatic heterocycles. The molecule has 0 unspecified atom stereocenters. The van der Waals surface area contributed by atoms with Crippen LogP contribution in [0.4, 0.5) is 10.5 Å². The van der Waals surface area contributed by atoms with Crippen LogP contribution in [0.25, 0.3) is 0 Å². The van der Waals surface area contributed by atoms with E-state index in [0.29, 0.717) is 29.1 Å². The van der Waals surface area contributed by atoms with Crippen molar-refractivity contribution in [1.29, 1.82) is 0 Å². The SMILES string of the molecule is C[C@H]1CN(C(=O)OC(C)(C)C)CCN1C[C@@H]1CC[C@@H](c2ccc(Cl)cc2Cl)N(c2ccc(Cl)cc2)C1. The van der Waals surface area contributed by atoms with E-state index in [9.17, 15) is 4.79 Å². The molecular formula is C28H36Cl3N3O2. The maximum absolute atomic E-state index is 12.5. The number of rotatable bonds is 4. The third-order valence-corrected chi connectivity index (χ3v) is 7.88. The Labute approximate surface area is 230 Å². The average molecular weight is 553 g/mol. The van der Waals surface area contributed by atoms with Crippen molar-refractivity contribution in [3.05, 3.63) is 63.1 Å². The standard InChI is InChI=1S/C28H36Cl3N3O2/c1-19-16-33(27(35)36-28(2,3)4)14-13-32(19)17-20-5-12-26(24-11-8-22(30)15-25(24)31)34(18-20)23-9-6-21(29)7-10-23/h6-11,15,19-20,26H,5,12-14,16-18H2,1-4H3/t19-,20-,26-/m0/s1. The Bertz CT molecular complexity index is 1060. The van der Waals surface area contributed by atoms with E-state index < -0.39 is 5.60 Å². The van der Waals surface area contributed by atoms with Gasteiger partial charge in [-0.2, -0.15) is 0 Å². The molecule has 0 spiro atoms. The van der Waals surface area contributed by atoms with Gasteiger partial charge in [-0.3, -0.25) is 4.90 Å². The first-order valence-corrected chi connectivity index (χ1v) is 13.8. The molecule has 36 heavy (non-hydrogen) atoms. The van der Waals surface area contributed by atoms with Gasteiger partial charge in [-0.05, 0) is 88.4 Å². The first kappa shape index (κ1) is 27.4. The van der Waals surface area contributed by atoms with Crippen LogP contribution < -0.4 is 4.90 Å². The highest BCUT2D eigenvalue weighted by Crippen LogP contribution is 2.41. The first-order valence-electron chi connectivity index (χ1n) is 12.7. The number of halogens is 3. The number of carbonyl (C=O) groups is 1. The van der Waals surface area contributed by atoms with Crippen molar-refractivity contribution in [2.45, 2.75) is 58.2 Å². The van der Waals surface area contributed by atoms with E-state index in [1.807, 2.05) is 49.9 Å². The molecule has 5 nitrogen and oxygen atoms in total. The minimum absolute atomic E-state index is 0.175. The molecule has 2 saturated heterocycles. The molecular weight excluding hydrogens is 517 g/mol. The van der Waals surface area contributed by atoms with Crippen molar-refractivity contribution in [2.24, 2.45) is 5.92 Å². The number of benzene rings is 2. The molecule has 4 rings (SSSR count). The Hall–Kier alpha value is -1.66. The van der Waals surface area contributed by atoms with E-state index in [2.05, 4.69) is 34.9 Å². The van der Waals surface area contributed by atoms with Gasteiger partial charge in [0.25, 0.3) is 0 Å². The van der Waals surface area contributed by atoms with Crippen LogP contribution in [0.3, 0.4) is 0 Å². The topological polar surface area (TPSA) is 36.0 Å². The second-order valence-corrected chi connectivity index (χ2v) is 12.3. The van der Waals surface area contributed by atoms with Crippen LogP contribution in [0.2, 0.25) is 15.1 Å². The predicted molar refractivity (Wildman–Crippen MR) is 150 cm³/mol. The lowest BCUT2D eigenvalue weighted by Crippen LogP contribution is -2.56. The molecule has 2 aliphatic heterocycles. The molecule has 2 aromatic carbocycles. The zero-order valence-corrected chi connectivity index (χ0v) is 23.8. The average Bonchev–Trinajstić information content (AvgIpc) is 2.80. The second kappa shape index (κ2) is 11.4. The summed E-state index contributed by atoms with van der Waals surface area (Å²) in [5, 5.41) is 2.08. The zero-order valence-electron chi connectivity index (χ0n) is 21.5. The van der Waals surface area contributed by atoms with Crippen molar-refractivity contribution in [3.8, 4) is 0 Å². The number of nitrogens with zero attached hydrogens (tertiary/aromatic N) is 3. The number of piperidine rings is 1. The van der Waals surface area contributed by atoms with Crippen molar-refractivity contribution in [2.75, 3.05) is 37.6 Å². The van der Waals surface area contributed by atoms with E-state index in [0.717, 1.165) is 48.7 Å². The van der Waals surface area contributed by atoms with Gasteiger partial charge in [-0.15, -0.1) is 0 Å². The number of amides is 1. The Morgan fingerprint density at radius 2 is 1.67 bits per heavy atom. The summed E-state index contributed by atoms with van der Waals surface area (Å²) in [6, 6.07) is 14.3. The van der Waals surface area contributed by atoms with E-state index >= 15 is 0 Å². The summed E-state index contributed by atoms with van der Waals surface area (Å²) in [6.45, 7) is 12.1. The fourth-order valence-corrected chi connectivity index (χ4v) is 5.96. The molecule has 0 aliphatic carbocycles. The molecule has 0 bridgehead atoms. The van der Waals surface area contributed by atoms with Crippen LogP contribution in [-0.2, 0) is 4.74 Å². The molecule has 2 heterocycles. The lowest BCUT2D eigenvalue weighted by molar-refractivity contribution is 0.00313. The minimum atomic E-state index is -0.478. The molecule has 0 N–H and O–H groups in total. The molecule has 2 aliphatic rings. The van der Waals surface area contributed by atoms with Crippen molar-refractivity contribution in [3.63, 3.8) is 0 Å². The van der Waals surface area contributed by atoms with E-state index in [-0.39, 0.29) is 18.2 Å². The van der Waals surface area contributed by atoms with Gasteiger partial charge in [-0.1, -0.05) is 40.9 Å². The number of piperazine rings is 1. The summed E-state index contributed by atoms with van der Waals surface area (Å²) < 4.78 is 5.59. The van der Waals surface area contributed by atoms with Gasteiger partial charge in [0.05, 0.1) is 6.04 Å². The third kappa shape index (κ3) is 6.80. The maximum Gasteiger partial charge on any atom is 0.410 e. The lowest BCUT2D eigenvalue weighted by Gasteiger charge is -2.46. The van der Waals surface area contributed by atoms with Crippen LogP contribution in [-0.4, -0.2) is 60.3 Å². The van der Waals surface area contributed by atoms with Gasteiger partial charge in [-0.25, -0.2) is 4.79 Å². The summed E-state index contributed by atoms with van der Waals surface area (Å²) in [5.41, 5.74) is 1.77. The molecule has 2 aromatic rings. The normalized spacial score (nSPS) is 23.6. The summed E-state index contributed by atoms with van der Waals surface area (Å²) in [6.07, 6.45) is 1.89. The summed E-state index contributed by atoms with van der Waals surface area (Å²) in [7, 11) is 0. The van der Waals surface area contributed by atoms with E-state index in [4.69, 9.17) is 39.5 Å². The zero-order chi connectivity index (χ0) is 26.0. The summed E-state index contributed by atoms with van der Waals surface area (Å²) in [4.78, 5) is 19.4. The highest BCUT2D eigenvalue weighted by Gasteiger charge is 2.35. The number of carbonyl (C=O) groups excluding carboxylic acids is 1. The Morgan fingerprint density at radius 1 is 0.972 bits per heavy atom. The lowest BCUT2D eigenvalue weighted by atomic mass is 9.87. The smallest absolute Gasteiger partial charge is 0.410 e. The molecule has 3 atom stereocenters. The second-order valence-electron chi connectivity index (χ2n) is 11.0. The van der Waals surface area contributed by atoms with Gasteiger partial charge < -0.3 is 14.5 Å². The van der Waals surface area contributed by atoms with Crippen LogP contribution in [0.5, 0.6) is 0 Å². The van der Waals surface area contributed by atoms with Crippen LogP contribution in [0.15, 0.2) is 42.5 Å². The predicted octanol–water partition coefficient (Wildman–Crippen LogP) is 7.55. The van der Waals surface area contributed by atoms with E-state index in [1.165, 1.54) is 0 Å². The highest BCUT2D eigenvalue weighted by molar-refractivity contribution is 6.35. The summed E-state index contributed by atoms with van der Waals surface area (Å²) >= 11 is 19.0. The molecule has 0 saturated carbocycles. The molecule has 1 amide bonds. The van der Waals surface area contributed by atoms with Crippen LogP contribution in [0, 0.1) is 5.92 Å². The van der Waals surface area contributed by atoms with Gasteiger partial charge in [0, 0.05) is 59.5 Å². The molecule has 0 radical (unpaired) electrons. The van der Waals surface area contributed by atoms with Crippen molar-refractivity contribution >= 4 is 46.6 Å². The fourth-order valence-electron chi connectivity index (χ4n) is 5.30. The molecule has 196 valence electrons. The Balaban J connectivity index is 1.45. The van der Waals surface area contributed by atoms with Crippen molar-refractivity contribution < 1.29 is 9.53 Å². The van der Waals surface area contributed by atoms with Crippen LogP contribution >= 0.6 is 34.8 Å². The number of hydrogen-bond donors (Lipinski definition) is 0. The third-order valence-electron chi connectivity index (χ3n) is 7.07. The summed E-state index contributed by atoms with van der Waals surface area (Å²) in [5.74, 6) is 0.499. The first-order chi connectivity index (χ1) is 17.0. The largest absolute Gasteiger partial charge is 0.444 e.